The summed E-state index contributed by atoms with van der Waals surface area (Å²) in [6, 6.07) is 7.62. The van der Waals surface area contributed by atoms with E-state index in [4.69, 9.17) is 15.9 Å². The van der Waals surface area contributed by atoms with E-state index in [-0.39, 0.29) is 18.6 Å². The SMILES string of the molecule is C#CCNC(=O)CN(CCC)CC1COc2ccccc2O1. The van der Waals surface area contributed by atoms with Crippen LogP contribution in [0.25, 0.3) is 0 Å². The Kier molecular flexibility index (Phi) is 6.11. The Morgan fingerprint density at radius 2 is 2.23 bits per heavy atom. The predicted molar refractivity (Wildman–Crippen MR) is 84.9 cm³/mol. The van der Waals surface area contributed by atoms with Crippen molar-refractivity contribution in [3.05, 3.63) is 24.3 Å². The van der Waals surface area contributed by atoms with Crippen molar-refractivity contribution in [3.8, 4) is 23.8 Å². The molecule has 0 saturated heterocycles. The van der Waals surface area contributed by atoms with Gasteiger partial charge in [-0.2, -0.15) is 0 Å². The average Bonchev–Trinajstić information content (AvgIpc) is 2.53. The minimum atomic E-state index is -0.0816. The summed E-state index contributed by atoms with van der Waals surface area (Å²) in [5.41, 5.74) is 0. The van der Waals surface area contributed by atoms with Crippen LogP contribution in [0.5, 0.6) is 11.5 Å². The normalized spacial score (nSPS) is 16.1. The number of ether oxygens (including phenoxy) is 2. The molecule has 0 bridgehead atoms. The second kappa shape index (κ2) is 8.30. The number of rotatable bonds is 7. The molecular formula is C17H22N2O3. The van der Waals surface area contributed by atoms with Gasteiger partial charge in [0.15, 0.2) is 11.5 Å². The fraction of sp³-hybridized carbons (Fsp3) is 0.471. The Labute approximate surface area is 131 Å². The van der Waals surface area contributed by atoms with E-state index in [9.17, 15) is 4.79 Å². The number of para-hydroxylation sites is 2. The van der Waals surface area contributed by atoms with Gasteiger partial charge in [0, 0.05) is 6.54 Å². The third kappa shape index (κ3) is 4.68. The number of terminal acetylenes is 1. The zero-order chi connectivity index (χ0) is 15.8. The van der Waals surface area contributed by atoms with Crippen LogP contribution >= 0.6 is 0 Å². The summed E-state index contributed by atoms with van der Waals surface area (Å²) in [7, 11) is 0. The van der Waals surface area contributed by atoms with Gasteiger partial charge in [-0.3, -0.25) is 9.69 Å². The summed E-state index contributed by atoms with van der Waals surface area (Å²) in [6.45, 7) is 4.62. The molecule has 1 atom stereocenters. The molecule has 1 aliphatic heterocycles. The second-order valence-electron chi connectivity index (χ2n) is 5.21. The van der Waals surface area contributed by atoms with Crippen LogP contribution in [0, 0.1) is 12.3 Å². The van der Waals surface area contributed by atoms with Gasteiger partial charge in [-0.15, -0.1) is 6.42 Å². The minimum Gasteiger partial charge on any atom is -0.486 e. The molecule has 22 heavy (non-hydrogen) atoms. The quantitative estimate of drug-likeness (QED) is 0.771. The Hall–Kier alpha value is -2.19. The van der Waals surface area contributed by atoms with Gasteiger partial charge in [0.2, 0.25) is 5.91 Å². The molecule has 0 aliphatic carbocycles. The van der Waals surface area contributed by atoms with Crippen LogP contribution in [0.1, 0.15) is 13.3 Å². The third-order valence-electron chi connectivity index (χ3n) is 3.32. The van der Waals surface area contributed by atoms with E-state index >= 15 is 0 Å². The first-order valence-electron chi connectivity index (χ1n) is 7.54. The van der Waals surface area contributed by atoms with Crippen LogP contribution in [-0.2, 0) is 4.79 Å². The highest BCUT2D eigenvalue weighted by Crippen LogP contribution is 2.30. The van der Waals surface area contributed by atoms with Crippen molar-refractivity contribution in [2.45, 2.75) is 19.4 Å². The molecule has 0 spiro atoms. The third-order valence-corrected chi connectivity index (χ3v) is 3.32. The van der Waals surface area contributed by atoms with Gasteiger partial charge in [0.25, 0.3) is 0 Å². The lowest BCUT2D eigenvalue weighted by atomic mass is 10.2. The molecule has 0 saturated carbocycles. The van der Waals surface area contributed by atoms with Gasteiger partial charge in [-0.1, -0.05) is 25.0 Å². The number of carbonyl (C=O) groups excluding carboxylic acids is 1. The first kappa shape index (κ1) is 16.2. The smallest absolute Gasteiger partial charge is 0.234 e. The number of nitrogens with one attached hydrogen (secondary N) is 1. The van der Waals surface area contributed by atoms with Crippen LogP contribution in [0.3, 0.4) is 0 Å². The molecule has 1 heterocycles. The molecule has 1 aromatic carbocycles. The fourth-order valence-electron chi connectivity index (χ4n) is 2.40. The molecule has 0 aromatic heterocycles. The number of carbonyl (C=O) groups is 1. The van der Waals surface area contributed by atoms with Crippen LogP contribution in [0.4, 0.5) is 0 Å². The summed E-state index contributed by atoms with van der Waals surface area (Å²) >= 11 is 0. The lowest BCUT2D eigenvalue weighted by Gasteiger charge is -2.30. The largest absolute Gasteiger partial charge is 0.486 e. The number of amides is 1. The summed E-state index contributed by atoms with van der Waals surface area (Å²) < 4.78 is 11.6. The summed E-state index contributed by atoms with van der Waals surface area (Å²) in [5.74, 6) is 3.86. The van der Waals surface area contributed by atoms with Gasteiger partial charge >= 0.3 is 0 Å². The number of hydrogen-bond donors (Lipinski definition) is 1. The number of fused-ring (bicyclic) bond motifs is 1. The van der Waals surface area contributed by atoms with Crippen molar-refractivity contribution in [1.29, 1.82) is 0 Å². The average molecular weight is 302 g/mol. The van der Waals surface area contributed by atoms with E-state index in [1.165, 1.54) is 0 Å². The molecule has 1 N–H and O–H groups in total. The van der Waals surface area contributed by atoms with Gasteiger partial charge in [0.1, 0.15) is 12.7 Å². The van der Waals surface area contributed by atoms with E-state index in [1.54, 1.807) is 0 Å². The van der Waals surface area contributed by atoms with Crippen molar-refractivity contribution in [2.24, 2.45) is 0 Å². The lowest BCUT2D eigenvalue weighted by molar-refractivity contribution is -0.122. The van der Waals surface area contributed by atoms with E-state index in [0.29, 0.717) is 19.7 Å². The molecule has 0 radical (unpaired) electrons. The van der Waals surface area contributed by atoms with Crippen LogP contribution in [-0.4, -0.2) is 49.7 Å². The molecule has 1 unspecified atom stereocenters. The zero-order valence-electron chi connectivity index (χ0n) is 12.9. The maximum atomic E-state index is 11.8. The van der Waals surface area contributed by atoms with Crippen molar-refractivity contribution < 1.29 is 14.3 Å². The molecule has 1 amide bonds. The van der Waals surface area contributed by atoms with E-state index in [1.807, 2.05) is 24.3 Å². The highest BCUT2D eigenvalue weighted by Gasteiger charge is 2.23. The predicted octanol–water partition coefficient (Wildman–Crippen LogP) is 1.29. The van der Waals surface area contributed by atoms with E-state index in [0.717, 1.165) is 24.5 Å². The Balaban J connectivity index is 1.89. The summed E-state index contributed by atoms with van der Waals surface area (Å²) in [4.78, 5) is 13.9. The van der Waals surface area contributed by atoms with E-state index in [2.05, 4.69) is 23.1 Å². The Morgan fingerprint density at radius 1 is 1.45 bits per heavy atom. The fourth-order valence-corrected chi connectivity index (χ4v) is 2.40. The Bertz CT molecular complexity index is 539. The first-order chi connectivity index (χ1) is 10.7. The molecule has 5 heteroatoms. The zero-order valence-corrected chi connectivity index (χ0v) is 12.9. The standard InChI is InChI=1S/C17H22N2O3/c1-3-9-18-17(20)12-19(10-4-2)11-14-13-21-15-7-5-6-8-16(15)22-14/h1,5-8,14H,4,9-13H2,2H3,(H,18,20). The maximum absolute atomic E-state index is 11.8. The molecule has 1 aliphatic rings. The molecular weight excluding hydrogens is 280 g/mol. The number of nitrogens with zero attached hydrogens (tertiary/aromatic N) is 1. The van der Waals surface area contributed by atoms with Gasteiger partial charge in [0.05, 0.1) is 13.1 Å². The number of hydrogen-bond acceptors (Lipinski definition) is 4. The van der Waals surface area contributed by atoms with Crippen molar-refractivity contribution >= 4 is 5.91 Å². The summed E-state index contributed by atoms with van der Waals surface area (Å²) in [5, 5.41) is 2.69. The highest BCUT2D eigenvalue weighted by atomic mass is 16.6. The van der Waals surface area contributed by atoms with Crippen LogP contribution < -0.4 is 14.8 Å². The van der Waals surface area contributed by atoms with Crippen LogP contribution in [0.2, 0.25) is 0 Å². The molecule has 118 valence electrons. The van der Waals surface area contributed by atoms with Gasteiger partial charge in [-0.25, -0.2) is 0 Å². The molecule has 1 aromatic rings. The molecule has 5 nitrogen and oxygen atoms in total. The van der Waals surface area contributed by atoms with E-state index < -0.39 is 0 Å². The van der Waals surface area contributed by atoms with Gasteiger partial charge < -0.3 is 14.8 Å². The number of benzene rings is 1. The second-order valence-corrected chi connectivity index (χ2v) is 5.21. The molecule has 0 fully saturated rings. The minimum absolute atomic E-state index is 0.0662. The lowest BCUT2D eigenvalue weighted by Crippen LogP contribution is -2.45. The monoisotopic (exact) mass is 302 g/mol. The van der Waals surface area contributed by atoms with Crippen molar-refractivity contribution in [3.63, 3.8) is 0 Å². The van der Waals surface area contributed by atoms with Crippen LogP contribution in [0.15, 0.2) is 24.3 Å². The molecule has 2 rings (SSSR count). The first-order valence-corrected chi connectivity index (χ1v) is 7.54. The Morgan fingerprint density at radius 3 is 2.95 bits per heavy atom. The van der Waals surface area contributed by atoms with Crippen molar-refractivity contribution in [2.75, 3.05) is 32.8 Å². The highest BCUT2D eigenvalue weighted by molar-refractivity contribution is 5.78. The van der Waals surface area contributed by atoms with Gasteiger partial charge in [-0.05, 0) is 25.1 Å². The topological polar surface area (TPSA) is 50.8 Å². The van der Waals surface area contributed by atoms with Crippen molar-refractivity contribution in [1.82, 2.24) is 10.2 Å². The maximum Gasteiger partial charge on any atom is 0.234 e. The summed E-state index contributed by atoms with van der Waals surface area (Å²) in [6.07, 6.45) is 6.03.